The molecular formula is C26H27FN2O4. The van der Waals surface area contributed by atoms with Crippen LogP contribution in [0.5, 0.6) is 0 Å². The van der Waals surface area contributed by atoms with Gasteiger partial charge in [0.05, 0.1) is 6.10 Å². The van der Waals surface area contributed by atoms with Crippen LogP contribution in [0, 0.1) is 5.82 Å². The van der Waals surface area contributed by atoms with Gasteiger partial charge in [0.15, 0.2) is 0 Å². The van der Waals surface area contributed by atoms with Crippen LogP contribution in [0.1, 0.15) is 40.7 Å². The molecule has 5 N–H and O–H groups in total. The summed E-state index contributed by atoms with van der Waals surface area (Å²) in [6.45, 7) is 0.337. The van der Waals surface area contributed by atoms with Crippen LogP contribution >= 0.6 is 0 Å². The van der Waals surface area contributed by atoms with Gasteiger partial charge in [-0.15, -0.1) is 0 Å². The minimum atomic E-state index is -1.24. The summed E-state index contributed by atoms with van der Waals surface area (Å²) in [5, 5.41) is 23.3. The first kappa shape index (κ1) is 22.9. The monoisotopic (exact) mass is 450 g/mol. The molecule has 6 nitrogen and oxygen atoms in total. The summed E-state index contributed by atoms with van der Waals surface area (Å²) >= 11 is 0. The molecule has 0 fully saturated rings. The van der Waals surface area contributed by atoms with Crippen LogP contribution in [0.4, 0.5) is 9.18 Å². The van der Waals surface area contributed by atoms with Crippen molar-refractivity contribution in [3.63, 3.8) is 0 Å². The van der Waals surface area contributed by atoms with E-state index in [1.54, 1.807) is 0 Å². The molecule has 3 aromatic rings. The SMILES string of the molecule is NCc1cc(F)ccc1C(O)C(O)CCNC(=O)OCC1c2ccccc2-c2ccccc21. The molecule has 0 bridgehead atoms. The van der Waals surface area contributed by atoms with Crippen molar-refractivity contribution in [2.75, 3.05) is 13.2 Å². The number of benzene rings is 3. The van der Waals surface area contributed by atoms with Gasteiger partial charge in [-0.25, -0.2) is 9.18 Å². The molecule has 172 valence electrons. The number of alkyl carbamates (subject to hydrolysis) is 1. The molecule has 0 heterocycles. The van der Waals surface area contributed by atoms with Crippen LogP contribution in [0.25, 0.3) is 11.1 Å². The standard InChI is InChI=1S/C26H27FN2O4/c27-17-9-10-18(16(13-17)14-28)25(31)24(30)11-12-29-26(32)33-15-23-21-7-3-1-5-19(21)20-6-2-4-8-22(20)23/h1-10,13,23-25,30-31H,11-12,14-15,28H2,(H,29,32). The van der Waals surface area contributed by atoms with E-state index in [9.17, 15) is 19.4 Å². The first-order valence-corrected chi connectivity index (χ1v) is 10.9. The van der Waals surface area contributed by atoms with Crippen LogP contribution in [0.15, 0.2) is 66.7 Å². The highest BCUT2D eigenvalue weighted by atomic mass is 19.1. The number of hydrogen-bond donors (Lipinski definition) is 4. The molecule has 1 amide bonds. The molecule has 2 atom stereocenters. The number of ether oxygens (including phenoxy) is 1. The maximum absolute atomic E-state index is 13.4. The first-order valence-electron chi connectivity index (χ1n) is 10.9. The number of aliphatic hydroxyl groups is 2. The lowest BCUT2D eigenvalue weighted by atomic mass is 9.97. The minimum Gasteiger partial charge on any atom is -0.449 e. The number of amides is 1. The predicted octanol–water partition coefficient (Wildman–Crippen LogP) is 3.61. The summed E-state index contributed by atoms with van der Waals surface area (Å²) in [7, 11) is 0. The molecule has 2 unspecified atom stereocenters. The van der Waals surface area contributed by atoms with Gasteiger partial charge < -0.3 is 26.0 Å². The number of carbonyl (C=O) groups is 1. The Morgan fingerprint density at radius 2 is 1.67 bits per heavy atom. The van der Waals surface area contributed by atoms with Gasteiger partial charge in [0.1, 0.15) is 18.5 Å². The highest BCUT2D eigenvalue weighted by Gasteiger charge is 2.29. The first-order chi connectivity index (χ1) is 16.0. The lowest BCUT2D eigenvalue weighted by Crippen LogP contribution is -2.31. The summed E-state index contributed by atoms with van der Waals surface area (Å²) in [6, 6.07) is 20.0. The second kappa shape index (κ2) is 10.1. The van der Waals surface area contributed by atoms with Crippen molar-refractivity contribution >= 4 is 6.09 Å². The third-order valence-corrected chi connectivity index (χ3v) is 6.06. The zero-order valence-corrected chi connectivity index (χ0v) is 18.1. The summed E-state index contributed by atoms with van der Waals surface area (Å²) in [5.74, 6) is -0.499. The van der Waals surface area contributed by atoms with E-state index in [-0.39, 0.29) is 32.0 Å². The van der Waals surface area contributed by atoms with Gasteiger partial charge in [-0.05, 0) is 51.9 Å². The van der Waals surface area contributed by atoms with Crippen molar-refractivity contribution in [1.29, 1.82) is 0 Å². The number of nitrogens with two attached hydrogens (primary N) is 1. The second-order valence-corrected chi connectivity index (χ2v) is 8.10. The summed E-state index contributed by atoms with van der Waals surface area (Å²) in [6.07, 6.45) is -2.90. The van der Waals surface area contributed by atoms with Gasteiger partial charge in [-0.1, -0.05) is 54.6 Å². The number of nitrogens with one attached hydrogen (secondary N) is 1. The fourth-order valence-corrected chi connectivity index (χ4v) is 4.38. The molecule has 0 aliphatic heterocycles. The average molecular weight is 451 g/mol. The van der Waals surface area contributed by atoms with Gasteiger partial charge in [-0.2, -0.15) is 0 Å². The molecule has 4 rings (SSSR count). The Hall–Kier alpha value is -3.26. The topological polar surface area (TPSA) is 105 Å². The number of fused-ring (bicyclic) bond motifs is 3. The summed E-state index contributed by atoms with van der Waals surface area (Å²) < 4.78 is 18.8. The number of carbonyl (C=O) groups excluding carboxylic acids is 1. The fourth-order valence-electron chi connectivity index (χ4n) is 4.38. The molecule has 1 aliphatic rings. The van der Waals surface area contributed by atoms with Crippen LogP contribution < -0.4 is 11.1 Å². The molecule has 0 aromatic heterocycles. The third-order valence-electron chi connectivity index (χ3n) is 6.06. The smallest absolute Gasteiger partial charge is 0.407 e. The Kier molecular flexibility index (Phi) is 7.03. The summed E-state index contributed by atoms with van der Waals surface area (Å²) in [5.41, 5.74) is 10.9. The summed E-state index contributed by atoms with van der Waals surface area (Å²) in [4.78, 5) is 12.2. The average Bonchev–Trinajstić information content (AvgIpc) is 3.16. The van der Waals surface area contributed by atoms with E-state index in [0.717, 1.165) is 22.3 Å². The largest absolute Gasteiger partial charge is 0.449 e. The molecular weight excluding hydrogens is 423 g/mol. The predicted molar refractivity (Wildman–Crippen MR) is 123 cm³/mol. The van der Waals surface area contributed by atoms with E-state index in [1.165, 1.54) is 18.2 Å². The quantitative estimate of drug-likeness (QED) is 0.420. The van der Waals surface area contributed by atoms with E-state index < -0.39 is 24.1 Å². The van der Waals surface area contributed by atoms with Gasteiger partial charge in [0.25, 0.3) is 0 Å². The molecule has 7 heteroatoms. The molecule has 0 saturated heterocycles. The highest BCUT2D eigenvalue weighted by molar-refractivity contribution is 5.79. The Morgan fingerprint density at radius 1 is 1.03 bits per heavy atom. The highest BCUT2D eigenvalue weighted by Crippen LogP contribution is 2.44. The van der Waals surface area contributed by atoms with Crippen LogP contribution in [0.2, 0.25) is 0 Å². The number of aliphatic hydroxyl groups excluding tert-OH is 2. The van der Waals surface area contributed by atoms with Crippen LogP contribution in [-0.4, -0.2) is 35.6 Å². The van der Waals surface area contributed by atoms with Crippen molar-refractivity contribution in [3.8, 4) is 11.1 Å². The molecule has 0 radical (unpaired) electrons. The zero-order chi connectivity index (χ0) is 23.4. The minimum absolute atomic E-state index is 0.0366. The van der Waals surface area contributed by atoms with Crippen molar-refractivity contribution < 1.29 is 24.1 Å². The molecule has 33 heavy (non-hydrogen) atoms. The maximum Gasteiger partial charge on any atom is 0.407 e. The van der Waals surface area contributed by atoms with E-state index in [4.69, 9.17) is 10.5 Å². The Bertz CT molecular complexity index is 1090. The molecule has 0 spiro atoms. The van der Waals surface area contributed by atoms with Crippen molar-refractivity contribution in [1.82, 2.24) is 5.32 Å². The molecule has 1 aliphatic carbocycles. The maximum atomic E-state index is 13.4. The Morgan fingerprint density at radius 3 is 2.30 bits per heavy atom. The fraction of sp³-hybridized carbons (Fsp3) is 0.269. The van der Waals surface area contributed by atoms with Crippen LogP contribution in [0.3, 0.4) is 0 Å². The van der Waals surface area contributed by atoms with E-state index in [1.807, 2.05) is 36.4 Å². The van der Waals surface area contributed by atoms with Gasteiger partial charge in [0.2, 0.25) is 0 Å². The van der Waals surface area contributed by atoms with E-state index in [0.29, 0.717) is 11.1 Å². The normalized spacial score (nSPS) is 14.3. The molecule has 3 aromatic carbocycles. The van der Waals surface area contributed by atoms with Gasteiger partial charge >= 0.3 is 6.09 Å². The van der Waals surface area contributed by atoms with Crippen LogP contribution in [-0.2, 0) is 11.3 Å². The van der Waals surface area contributed by atoms with Gasteiger partial charge in [-0.3, -0.25) is 0 Å². The van der Waals surface area contributed by atoms with E-state index in [2.05, 4.69) is 17.4 Å². The Labute approximate surface area is 191 Å². The number of hydrogen-bond acceptors (Lipinski definition) is 5. The van der Waals surface area contributed by atoms with Crippen molar-refractivity contribution in [2.24, 2.45) is 5.73 Å². The van der Waals surface area contributed by atoms with Crippen molar-refractivity contribution in [2.45, 2.75) is 31.1 Å². The Balaban J connectivity index is 1.29. The lowest BCUT2D eigenvalue weighted by Gasteiger charge is -2.21. The number of rotatable bonds is 8. The van der Waals surface area contributed by atoms with Crippen molar-refractivity contribution in [3.05, 3.63) is 94.8 Å². The van der Waals surface area contributed by atoms with Gasteiger partial charge in [0, 0.05) is 19.0 Å². The number of halogens is 1. The third kappa shape index (κ3) is 4.90. The van der Waals surface area contributed by atoms with E-state index >= 15 is 0 Å². The second-order valence-electron chi connectivity index (χ2n) is 8.10. The molecule has 0 saturated carbocycles. The lowest BCUT2D eigenvalue weighted by molar-refractivity contribution is 0.0131. The zero-order valence-electron chi connectivity index (χ0n) is 18.1.